The first-order valence-electron chi connectivity index (χ1n) is 2.76. The van der Waals surface area contributed by atoms with E-state index >= 15 is 0 Å². The zero-order valence-electron chi connectivity index (χ0n) is 7.27. The molecule has 0 bridgehead atoms. The molecule has 0 spiro atoms. The van der Waals surface area contributed by atoms with Gasteiger partial charge in [-0.1, -0.05) is 0 Å². The average Bonchev–Trinajstić information content (AvgIpc) is 1.86. The molecule has 1 heterocycles. The summed E-state index contributed by atoms with van der Waals surface area (Å²) in [5.74, 6) is 0. The second-order valence-electron chi connectivity index (χ2n) is 1.94. The molecule has 0 fully saturated rings. The number of alkyl halides is 3. The summed E-state index contributed by atoms with van der Waals surface area (Å²) in [6.07, 6.45) is -3.74. The summed E-state index contributed by atoms with van der Waals surface area (Å²) >= 11 is 0. The van der Waals surface area contributed by atoms with E-state index in [-0.39, 0.29) is 20.3 Å². The van der Waals surface area contributed by atoms with Crippen molar-refractivity contribution in [3.8, 4) is 0 Å². The summed E-state index contributed by atoms with van der Waals surface area (Å²) < 4.78 is 35.4. The summed E-state index contributed by atoms with van der Waals surface area (Å²) in [6, 6.07) is 1.57. The van der Waals surface area contributed by atoms with Crippen molar-refractivity contribution in [1.82, 2.24) is 4.98 Å². The van der Waals surface area contributed by atoms with E-state index in [1.807, 2.05) is 4.98 Å². The number of aromatic nitrogens is 1. The van der Waals surface area contributed by atoms with Gasteiger partial charge in [0.05, 0.1) is 5.56 Å². The monoisotopic (exact) mass is 171 g/mol. The van der Waals surface area contributed by atoms with Gasteiger partial charge >= 0.3 is 25.0 Å². The molecule has 0 saturated carbocycles. The average molecular weight is 171 g/mol. The van der Waals surface area contributed by atoms with Crippen LogP contribution in [0.4, 0.5) is 13.2 Å². The number of H-pyrrole nitrogens is 1. The molecule has 1 N–H and O–H groups in total. The Morgan fingerprint density at radius 3 is 2.25 bits per heavy atom. The van der Waals surface area contributed by atoms with Crippen molar-refractivity contribution in [1.29, 1.82) is 0 Å². The van der Waals surface area contributed by atoms with E-state index in [4.69, 9.17) is 0 Å². The standard InChI is InChI=1S/C6H4F3NO.Li.H/c7-6(8,9)4-1-2-5(11)10-3-4;;/h1-3H,(H,10,11);;/q;+1;-1. The Hall–Kier alpha value is -0.663. The van der Waals surface area contributed by atoms with Crippen molar-refractivity contribution in [3.05, 3.63) is 34.2 Å². The van der Waals surface area contributed by atoms with Crippen molar-refractivity contribution in [3.63, 3.8) is 0 Å². The predicted molar refractivity (Wildman–Crippen MR) is 33.2 cm³/mol. The maximum atomic E-state index is 11.8. The predicted octanol–water partition coefficient (Wildman–Crippen LogP) is -1.49. The van der Waals surface area contributed by atoms with Crippen LogP contribution in [0.3, 0.4) is 0 Å². The molecule has 0 aliphatic rings. The number of aromatic amines is 1. The smallest absolute Gasteiger partial charge is 1.00 e. The quantitative estimate of drug-likeness (QED) is 0.474. The van der Waals surface area contributed by atoms with E-state index in [1.54, 1.807) is 0 Å². The number of nitrogens with one attached hydrogen (secondary N) is 1. The minimum Gasteiger partial charge on any atom is -1.00 e. The molecule has 0 aliphatic carbocycles. The minimum atomic E-state index is -4.38. The van der Waals surface area contributed by atoms with Crippen LogP contribution in [0.1, 0.15) is 6.99 Å². The first kappa shape index (κ1) is 11.3. The first-order chi connectivity index (χ1) is 5.00. The number of pyridine rings is 1. The topological polar surface area (TPSA) is 32.9 Å². The van der Waals surface area contributed by atoms with Crippen LogP contribution in [-0.2, 0) is 6.18 Å². The molecule has 6 heteroatoms. The van der Waals surface area contributed by atoms with Gasteiger partial charge in [-0.3, -0.25) is 4.79 Å². The Balaban J connectivity index is 0. The van der Waals surface area contributed by atoms with E-state index in [1.165, 1.54) is 0 Å². The van der Waals surface area contributed by atoms with Gasteiger partial charge in [0.1, 0.15) is 0 Å². The molecule has 0 saturated heterocycles. The van der Waals surface area contributed by atoms with Gasteiger partial charge < -0.3 is 6.41 Å². The van der Waals surface area contributed by atoms with Gasteiger partial charge in [-0.15, -0.1) is 0 Å². The van der Waals surface area contributed by atoms with Gasteiger partial charge in [-0.05, 0) is 6.07 Å². The van der Waals surface area contributed by atoms with Crippen molar-refractivity contribution < 1.29 is 33.5 Å². The van der Waals surface area contributed by atoms with Crippen LogP contribution in [0.2, 0.25) is 0 Å². The van der Waals surface area contributed by atoms with E-state index in [0.29, 0.717) is 6.20 Å². The van der Waals surface area contributed by atoms with Crippen LogP contribution >= 0.6 is 0 Å². The van der Waals surface area contributed by atoms with Gasteiger partial charge in [-0.2, -0.15) is 13.2 Å². The molecular formula is C6H5F3LiNO. The van der Waals surface area contributed by atoms with E-state index in [0.717, 1.165) is 12.1 Å². The summed E-state index contributed by atoms with van der Waals surface area (Å²) in [6.45, 7) is 0. The second-order valence-corrected chi connectivity index (χ2v) is 1.94. The Kier molecular flexibility index (Phi) is 3.62. The maximum Gasteiger partial charge on any atom is 1.00 e. The van der Waals surface area contributed by atoms with Crippen molar-refractivity contribution in [2.45, 2.75) is 6.18 Å². The summed E-state index contributed by atoms with van der Waals surface area (Å²) in [4.78, 5) is 12.3. The Morgan fingerprint density at radius 1 is 1.33 bits per heavy atom. The first-order valence-corrected chi connectivity index (χ1v) is 2.76. The van der Waals surface area contributed by atoms with E-state index in [2.05, 4.69) is 0 Å². The molecular weight excluding hydrogens is 166 g/mol. The van der Waals surface area contributed by atoms with Gasteiger partial charge in [0.2, 0.25) is 5.56 Å². The van der Waals surface area contributed by atoms with Crippen LogP contribution in [0.5, 0.6) is 0 Å². The third kappa shape index (κ3) is 2.76. The largest absolute Gasteiger partial charge is 1.00 e. The Bertz CT molecular complexity index is 291. The fraction of sp³-hybridized carbons (Fsp3) is 0.167. The van der Waals surface area contributed by atoms with Crippen LogP contribution in [-0.4, -0.2) is 4.98 Å². The number of halogens is 3. The molecule has 1 aromatic rings. The molecule has 2 nitrogen and oxygen atoms in total. The Morgan fingerprint density at radius 2 is 1.92 bits per heavy atom. The van der Waals surface area contributed by atoms with Gasteiger partial charge in [-0.25, -0.2) is 0 Å². The normalized spacial score (nSPS) is 10.6. The molecule has 0 amide bonds. The Labute approximate surface area is 79.5 Å². The van der Waals surface area contributed by atoms with Crippen LogP contribution in [0.25, 0.3) is 0 Å². The van der Waals surface area contributed by atoms with Gasteiger partial charge in [0.25, 0.3) is 0 Å². The fourth-order valence-corrected chi connectivity index (χ4v) is 0.587. The molecule has 0 unspecified atom stereocenters. The van der Waals surface area contributed by atoms with Crippen molar-refractivity contribution in [2.75, 3.05) is 0 Å². The zero-order valence-corrected chi connectivity index (χ0v) is 6.27. The molecule has 0 atom stereocenters. The molecule has 0 aliphatic heterocycles. The number of hydrogen-bond acceptors (Lipinski definition) is 1. The van der Waals surface area contributed by atoms with Gasteiger partial charge in [0, 0.05) is 12.3 Å². The molecule has 0 radical (unpaired) electrons. The van der Waals surface area contributed by atoms with E-state index in [9.17, 15) is 18.0 Å². The van der Waals surface area contributed by atoms with E-state index < -0.39 is 17.3 Å². The van der Waals surface area contributed by atoms with Crippen molar-refractivity contribution in [2.24, 2.45) is 0 Å². The van der Waals surface area contributed by atoms with Crippen LogP contribution in [0, 0.1) is 0 Å². The molecule has 1 rings (SSSR count). The van der Waals surface area contributed by atoms with Crippen molar-refractivity contribution >= 4 is 0 Å². The van der Waals surface area contributed by atoms with Crippen LogP contribution in [0.15, 0.2) is 23.1 Å². The maximum absolute atomic E-state index is 11.8. The zero-order chi connectivity index (χ0) is 8.48. The second kappa shape index (κ2) is 3.83. The molecule has 0 aromatic carbocycles. The SMILES string of the molecule is O=c1ccc(C(F)(F)F)c[nH]1.[H-].[Li+]. The van der Waals surface area contributed by atoms with Gasteiger partial charge in [0.15, 0.2) is 0 Å². The number of hydrogen-bond donors (Lipinski definition) is 1. The summed E-state index contributed by atoms with van der Waals surface area (Å²) in [5, 5.41) is 0. The number of rotatable bonds is 0. The minimum absolute atomic E-state index is 0. The summed E-state index contributed by atoms with van der Waals surface area (Å²) in [7, 11) is 0. The summed E-state index contributed by atoms with van der Waals surface area (Å²) in [5.41, 5.74) is -1.39. The molecule has 62 valence electrons. The fourth-order valence-electron chi connectivity index (χ4n) is 0.587. The third-order valence-electron chi connectivity index (χ3n) is 1.11. The van der Waals surface area contributed by atoms with Crippen LogP contribution < -0.4 is 24.4 Å². The molecule has 1 aromatic heterocycles. The third-order valence-corrected chi connectivity index (χ3v) is 1.11. The molecule has 12 heavy (non-hydrogen) atoms.